The van der Waals surface area contributed by atoms with Crippen LogP contribution >= 0.6 is 0 Å². The Labute approximate surface area is 148 Å². The van der Waals surface area contributed by atoms with Crippen molar-refractivity contribution in [1.82, 2.24) is 4.98 Å². The van der Waals surface area contributed by atoms with Crippen molar-refractivity contribution in [2.45, 2.75) is 6.54 Å². The van der Waals surface area contributed by atoms with E-state index in [2.05, 4.69) is 10.3 Å². The van der Waals surface area contributed by atoms with E-state index in [0.717, 1.165) is 11.6 Å². The smallest absolute Gasteiger partial charge is 0.254 e. The van der Waals surface area contributed by atoms with E-state index in [1.54, 1.807) is 0 Å². The summed E-state index contributed by atoms with van der Waals surface area (Å²) in [5.74, 6) is -2.14. The van der Waals surface area contributed by atoms with Crippen LogP contribution in [0.3, 0.4) is 0 Å². The number of anilines is 2. The maximum Gasteiger partial charge on any atom is 0.254 e. The number of primary amides is 1. The third-order valence-corrected chi connectivity index (χ3v) is 3.83. The van der Waals surface area contributed by atoms with E-state index in [1.807, 2.05) is 30.3 Å². The molecule has 3 rings (SSSR count). The second-order valence-corrected chi connectivity index (χ2v) is 5.67. The standard InChI is InChI=1S/C19H16F2N4O/c20-13-6-11(7-14(21)8-13)9-24-17-15(12-4-2-1-3-5-12)10-25-18(22)16(17)19(23)26/h1-8,10H,9H2,(H2,23,26)(H3,22,24,25). The summed E-state index contributed by atoms with van der Waals surface area (Å²) in [6.45, 7) is 0.0677. The molecule has 0 saturated heterocycles. The van der Waals surface area contributed by atoms with Gasteiger partial charge in [-0.3, -0.25) is 4.79 Å². The highest BCUT2D eigenvalue weighted by atomic mass is 19.1. The molecule has 3 aromatic rings. The lowest BCUT2D eigenvalue weighted by Gasteiger charge is -2.17. The predicted octanol–water partition coefficient (Wildman–Crippen LogP) is 3.32. The van der Waals surface area contributed by atoms with Crippen LogP contribution in [-0.2, 0) is 6.54 Å². The van der Waals surface area contributed by atoms with Crippen LogP contribution in [0.1, 0.15) is 15.9 Å². The fraction of sp³-hybridized carbons (Fsp3) is 0.0526. The van der Waals surface area contributed by atoms with Gasteiger partial charge in [0.2, 0.25) is 0 Å². The van der Waals surface area contributed by atoms with E-state index < -0.39 is 17.5 Å². The van der Waals surface area contributed by atoms with Crippen LogP contribution in [0.25, 0.3) is 11.1 Å². The molecule has 0 aliphatic carbocycles. The van der Waals surface area contributed by atoms with Crippen LogP contribution < -0.4 is 16.8 Å². The number of carbonyl (C=O) groups excluding carboxylic acids is 1. The fourth-order valence-electron chi connectivity index (χ4n) is 2.70. The lowest BCUT2D eigenvalue weighted by atomic mass is 10.0. The number of nitrogens with two attached hydrogens (primary N) is 2. The molecule has 0 bridgehead atoms. The average molecular weight is 354 g/mol. The van der Waals surface area contributed by atoms with Crippen molar-refractivity contribution in [3.05, 3.63) is 77.5 Å². The van der Waals surface area contributed by atoms with Crippen molar-refractivity contribution in [2.24, 2.45) is 5.73 Å². The summed E-state index contributed by atoms with van der Waals surface area (Å²) in [7, 11) is 0. The van der Waals surface area contributed by atoms with E-state index in [0.29, 0.717) is 16.8 Å². The maximum absolute atomic E-state index is 13.4. The number of nitrogens with one attached hydrogen (secondary N) is 1. The Balaban J connectivity index is 2.05. The number of aromatic nitrogens is 1. The van der Waals surface area contributed by atoms with Gasteiger partial charge in [-0.1, -0.05) is 30.3 Å². The van der Waals surface area contributed by atoms with E-state index in [-0.39, 0.29) is 17.9 Å². The number of rotatable bonds is 5. The number of pyridine rings is 1. The summed E-state index contributed by atoms with van der Waals surface area (Å²) >= 11 is 0. The molecule has 26 heavy (non-hydrogen) atoms. The molecule has 1 amide bonds. The van der Waals surface area contributed by atoms with Crippen LogP contribution in [0, 0.1) is 11.6 Å². The molecular weight excluding hydrogens is 338 g/mol. The first kappa shape index (κ1) is 17.3. The molecule has 1 heterocycles. The number of benzene rings is 2. The topological polar surface area (TPSA) is 94.0 Å². The maximum atomic E-state index is 13.4. The zero-order chi connectivity index (χ0) is 18.7. The van der Waals surface area contributed by atoms with Gasteiger partial charge in [0.1, 0.15) is 23.0 Å². The number of hydrogen-bond acceptors (Lipinski definition) is 4. The summed E-state index contributed by atoms with van der Waals surface area (Å²) in [4.78, 5) is 15.9. The first-order chi connectivity index (χ1) is 12.5. The molecule has 0 saturated carbocycles. The molecule has 0 radical (unpaired) electrons. The molecular formula is C19H16F2N4O. The molecule has 0 unspecified atom stereocenters. The SMILES string of the molecule is NC(=O)c1c(N)ncc(-c2ccccc2)c1NCc1cc(F)cc(F)c1. The minimum atomic E-state index is -0.749. The van der Waals surface area contributed by atoms with Gasteiger partial charge in [0.05, 0.1) is 5.69 Å². The molecule has 0 fully saturated rings. The summed E-state index contributed by atoms with van der Waals surface area (Å²) < 4.78 is 26.8. The molecule has 132 valence electrons. The van der Waals surface area contributed by atoms with Crippen LogP contribution in [0.15, 0.2) is 54.7 Å². The largest absolute Gasteiger partial charge is 0.383 e. The molecule has 5 nitrogen and oxygen atoms in total. The van der Waals surface area contributed by atoms with E-state index in [1.165, 1.54) is 18.3 Å². The Morgan fingerprint density at radius 2 is 1.73 bits per heavy atom. The summed E-state index contributed by atoms with van der Waals surface area (Å²) in [6, 6.07) is 12.4. The number of carbonyl (C=O) groups is 1. The molecule has 5 N–H and O–H groups in total. The van der Waals surface area contributed by atoms with Gasteiger partial charge in [0.25, 0.3) is 5.91 Å². The van der Waals surface area contributed by atoms with Crippen molar-refractivity contribution in [2.75, 3.05) is 11.1 Å². The number of halogens is 2. The minimum Gasteiger partial charge on any atom is -0.383 e. The zero-order valence-corrected chi connectivity index (χ0v) is 13.7. The quantitative estimate of drug-likeness (QED) is 0.655. The van der Waals surface area contributed by atoms with Crippen molar-refractivity contribution in [1.29, 1.82) is 0 Å². The second kappa shape index (κ2) is 7.18. The van der Waals surface area contributed by atoms with Gasteiger partial charge in [-0.05, 0) is 23.3 Å². The molecule has 0 atom stereocenters. The van der Waals surface area contributed by atoms with E-state index in [9.17, 15) is 13.6 Å². The highest BCUT2D eigenvalue weighted by Crippen LogP contribution is 2.33. The number of nitrogen functional groups attached to an aromatic ring is 1. The Kier molecular flexibility index (Phi) is 4.79. The number of hydrogen-bond donors (Lipinski definition) is 3. The number of amides is 1. The zero-order valence-electron chi connectivity index (χ0n) is 13.7. The first-order valence-electron chi connectivity index (χ1n) is 7.78. The molecule has 7 heteroatoms. The van der Waals surface area contributed by atoms with E-state index >= 15 is 0 Å². The molecule has 1 aromatic heterocycles. The van der Waals surface area contributed by atoms with Gasteiger partial charge in [0, 0.05) is 24.4 Å². The van der Waals surface area contributed by atoms with Crippen LogP contribution in [-0.4, -0.2) is 10.9 Å². The predicted molar refractivity (Wildman–Crippen MR) is 96.3 cm³/mol. The van der Waals surface area contributed by atoms with Gasteiger partial charge < -0.3 is 16.8 Å². The Morgan fingerprint density at radius 3 is 2.35 bits per heavy atom. The lowest BCUT2D eigenvalue weighted by molar-refractivity contribution is 0.100. The highest BCUT2D eigenvalue weighted by molar-refractivity contribution is 6.06. The average Bonchev–Trinajstić information content (AvgIpc) is 2.59. The van der Waals surface area contributed by atoms with Gasteiger partial charge in [-0.25, -0.2) is 13.8 Å². The monoisotopic (exact) mass is 354 g/mol. The van der Waals surface area contributed by atoms with Crippen molar-refractivity contribution in [3.8, 4) is 11.1 Å². The summed E-state index contributed by atoms with van der Waals surface area (Å²) in [6.07, 6.45) is 1.52. The van der Waals surface area contributed by atoms with Gasteiger partial charge in [-0.15, -0.1) is 0 Å². The Hall–Kier alpha value is -3.48. The molecule has 2 aromatic carbocycles. The lowest BCUT2D eigenvalue weighted by Crippen LogP contribution is -2.18. The van der Waals surface area contributed by atoms with Gasteiger partial charge in [0.15, 0.2) is 0 Å². The molecule has 0 spiro atoms. The molecule has 0 aliphatic heterocycles. The second-order valence-electron chi connectivity index (χ2n) is 5.67. The van der Waals surface area contributed by atoms with Crippen LogP contribution in [0.4, 0.5) is 20.3 Å². The third-order valence-electron chi connectivity index (χ3n) is 3.83. The Morgan fingerprint density at radius 1 is 1.08 bits per heavy atom. The normalized spacial score (nSPS) is 10.5. The van der Waals surface area contributed by atoms with Crippen molar-refractivity contribution >= 4 is 17.4 Å². The first-order valence-corrected chi connectivity index (χ1v) is 7.78. The highest BCUT2D eigenvalue weighted by Gasteiger charge is 2.18. The minimum absolute atomic E-state index is 0.0231. The van der Waals surface area contributed by atoms with Crippen LogP contribution in [0.5, 0.6) is 0 Å². The number of nitrogens with zero attached hydrogens (tertiary/aromatic N) is 1. The molecule has 0 aliphatic rings. The fourth-order valence-corrected chi connectivity index (χ4v) is 2.70. The van der Waals surface area contributed by atoms with E-state index in [4.69, 9.17) is 11.5 Å². The Bertz CT molecular complexity index is 941. The van der Waals surface area contributed by atoms with Gasteiger partial charge in [-0.2, -0.15) is 0 Å². The van der Waals surface area contributed by atoms with Crippen LogP contribution in [0.2, 0.25) is 0 Å². The summed E-state index contributed by atoms with van der Waals surface area (Å²) in [5.41, 5.74) is 13.4. The van der Waals surface area contributed by atoms with Crippen molar-refractivity contribution < 1.29 is 13.6 Å². The third kappa shape index (κ3) is 3.61. The summed E-state index contributed by atoms with van der Waals surface area (Å²) in [5, 5.41) is 3.02. The van der Waals surface area contributed by atoms with Crippen molar-refractivity contribution in [3.63, 3.8) is 0 Å². The van der Waals surface area contributed by atoms with Gasteiger partial charge >= 0.3 is 0 Å².